The zero-order valence-corrected chi connectivity index (χ0v) is 11.2. The van der Waals surface area contributed by atoms with Crippen molar-refractivity contribution in [3.63, 3.8) is 0 Å². The van der Waals surface area contributed by atoms with E-state index in [1.807, 2.05) is 6.92 Å². The maximum Gasteiger partial charge on any atom is 0.249 e. The Morgan fingerprint density at radius 2 is 1.94 bits per heavy atom. The minimum Gasteiger partial charge on any atom is -0.372 e. The van der Waals surface area contributed by atoms with Crippen LogP contribution in [-0.4, -0.2) is 19.1 Å². The smallest absolute Gasteiger partial charge is 0.249 e. The van der Waals surface area contributed by atoms with Crippen LogP contribution in [0.4, 0.5) is 0 Å². The molecule has 1 N–H and O–H groups in total. The second-order valence-electron chi connectivity index (χ2n) is 4.47. The summed E-state index contributed by atoms with van der Waals surface area (Å²) < 4.78 is 4.99. The Morgan fingerprint density at radius 3 is 2.53 bits per heavy atom. The molecular weight excluding hydrogens is 214 g/mol. The van der Waals surface area contributed by atoms with Gasteiger partial charge in [-0.05, 0) is 38.8 Å². The summed E-state index contributed by atoms with van der Waals surface area (Å²) in [7, 11) is 1.53. The van der Waals surface area contributed by atoms with Gasteiger partial charge < -0.3 is 10.1 Å². The molecule has 94 valence electrons. The Morgan fingerprint density at radius 1 is 1.29 bits per heavy atom. The van der Waals surface area contributed by atoms with Gasteiger partial charge in [0.25, 0.3) is 0 Å². The topological polar surface area (TPSA) is 38.3 Å². The molecule has 0 fully saturated rings. The predicted octanol–water partition coefficient (Wildman–Crippen LogP) is 2.52. The molecule has 1 rings (SSSR count). The first kappa shape index (κ1) is 13.7. The fraction of sp³-hybridized carbons (Fsp3) is 0.500. The summed E-state index contributed by atoms with van der Waals surface area (Å²) in [6.07, 6.45) is -0.414. The molecule has 0 bridgehead atoms. The standard InChI is InChI=1S/C14H21NO2/c1-9-6-7-10(2)13(8-9)11(3)15-14(16)12(4)17-5/h6-8,11-12H,1-5H3,(H,15,16). The monoisotopic (exact) mass is 235 g/mol. The molecule has 0 aliphatic rings. The van der Waals surface area contributed by atoms with Crippen molar-refractivity contribution < 1.29 is 9.53 Å². The van der Waals surface area contributed by atoms with E-state index in [0.717, 1.165) is 5.56 Å². The van der Waals surface area contributed by atoms with E-state index < -0.39 is 6.10 Å². The summed E-state index contributed by atoms with van der Waals surface area (Å²) in [5.74, 6) is -0.0825. The van der Waals surface area contributed by atoms with E-state index in [2.05, 4.69) is 37.4 Å². The number of carbonyl (C=O) groups excluding carboxylic acids is 1. The molecule has 0 aliphatic heterocycles. The van der Waals surface area contributed by atoms with Gasteiger partial charge in [-0.15, -0.1) is 0 Å². The number of hydrogen-bond acceptors (Lipinski definition) is 2. The highest BCUT2D eigenvalue weighted by atomic mass is 16.5. The summed E-state index contributed by atoms with van der Waals surface area (Å²) in [5.41, 5.74) is 3.54. The number of amides is 1. The third kappa shape index (κ3) is 3.56. The number of ether oxygens (including phenoxy) is 1. The maximum atomic E-state index is 11.7. The highest BCUT2D eigenvalue weighted by molar-refractivity contribution is 5.80. The van der Waals surface area contributed by atoms with Crippen molar-refractivity contribution in [2.75, 3.05) is 7.11 Å². The van der Waals surface area contributed by atoms with Crippen LogP contribution in [0.25, 0.3) is 0 Å². The van der Waals surface area contributed by atoms with E-state index >= 15 is 0 Å². The second-order valence-corrected chi connectivity index (χ2v) is 4.47. The first-order chi connectivity index (χ1) is 7.95. The number of hydrogen-bond donors (Lipinski definition) is 1. The Hall–Kier alpha value is -1.35. The van der Waals surface area contributed by atoms with E-state index in [0.29, 0.717) is 0 Å². The lowest BCUT2D eigenvalue weighted by Gasteiger charge is -2.19. The van der Waals surface area contributed by atoms with Crippen molar-refractivity contribution in [3.05, 3.63) is 34.9 Å². The summed E-state index contributed by atoms with van der Waals surface area (Å²) in [5, 5.41) is 2.95. The zero-order valence-electron chi connectivity index (χ0n) is 11.2. The Labute approximate surface area is 103 Å². The van der Waals surface area contributed by atoms with Crippen LogP contribution in [0.5, 0.6) is 0 Å². The van der Waals surface area contributed by atoms with Gasteiger partial charge in [0.05, 0.1) is 6.04 Å². The molecule has 1 aromatic carbocycles. The molecule has 3 heteroatoms. The Balaban J connectivity index is 2.79. The number of rotatable bonds is 4. The molecule has 1 aromatic rings. The molecule has 0 aliphatic carbocycles. The summed E-state index contributed by atoms with van der Waals surface area (Å²) >= 11 is 0. The van der Waals surface area contributed by atoms with Gasteiger partial charge >= 0.3 is 0 Å². The number of benzene rings is 1. The molecule has 0 heterocycles. The average Bonchev–Trinajstić information content (AvgIpc) is 2.30. The van der Waals surface area contributed by atoms with Crippen LogP contribution in [0.15, 0.2) is 18.2 Å². The van der Waals surface area contributed by atoms with Crippen molar-refractivity contribution in [3.8, 4) is 0 Å². The van der Waals surface area contributed by atoms with Gasteiger partial charge in [0.1, 0.15) is 6.10 Å². The Bertz CT molecular complexity index is 401. The molecule has 2 unspecified atom stereocenters. The first-order valence-corrected chi connectivity index (χ1v) is 5.86. The van der Waals surface area contributed by atoms with Crippen molar-refractivity contribution in [2.45, 2.75) is 39.8 Å². The minimum absolute atomic E-state index is 0.000000000000000444. The number of methoxy groups -OCH3 is 1. The lowest BCUT2D eigenvalue weighted by atomic mass is 10.00. The van der Waals surface area contributed by atoms with Crippen molar-refractivity contribution in [1.82, 2.24) is 5.32 Å². The zero-order chi connectivity index (χ0) is 13.0. The normalized spacial score (nSPS) is 14.2. The van der Waals surface area contributed by atoms with E-state index in [1.165, 1.54) is 18.2 Å². The van der Waals surface area contributed by atoms with E-state index in [-0.39, 0.29) is 11.9 Å². The number of carbonyl (C=O) groups is 1. The highest BCUT2D eigenvalue weighted by Gasteiger charge is 2.16. The molecule has 0 aromatic heterocycles. The fourth-order valence-electron chi connectivity index (χ4n) is 1.74. The minimum atomic E-state index is -0.414. The maximum absolute atomic E-state index is 11.7. The van der Waals surface area contributed by atoms with Crippen LogP contribution in [-0.2, 0) is 9.53 Å². The number of nitrogens with one attached hydrogen (secondary N) is 1. The summed E-state index contributed by atoms with van der Waals surface area (Å²) in [4.78, 5) is 11.7. The summed E-state index contributed by atoms with van der Waals surface area (Å²) in [6, 6.07) is 6.26. The van der Waals surface area contributed by atoms with Gasteiger partial charge in [-0.1, -0.05) is 23.8 Å². The molecule has 2 atom stereocenters. The van der Waals surface area contributed by atoms with Gasteiger partial charge in [0, 0.05) is 7.11 Å². The molecule has 0 radical (unpaired) electrons. The van der Waals surface area contributed by atoms with Crippen LogP contribution in [0, 0.1) is 13.8 Å². The van der Waals surface area contributed by atoms with Crippen LogP contribution < -0.4 is 5.32 Å². The molecule has 3 nitrogen and oxygen atoms in total. The fourth-order valence-corrected chi connectivity index (χ4v) is 1.74. The summed E-state index contributed by atoms with van der Waals surface area (Å²) in [6.45, 7) is 7.83. The van der Waals surface area contributed by atoms with Crippen molar-refractivity contribution in [1.29, 1.82) is 0 Å². The average molecular weight is 235 g/mol. The predicted molar refractivity (Wildman–Crippen MR) is 68.9 cm³/mol. The van der Waals surface area contributed by atoms with E-state index in [9.17, 15) is 4.79 Å². The van der Waals surface area contributed by atoms with Crippen LogP contribution in [0.3, 0.4) is 0 Å². The van der Waals surface area contributed by atoms with Gasteiger partial charge in [0.2, 0.25) is 5.91 Å². The quantitative estimate of drug-likeness (QED) is 0.870. The van der Waals surface area contributed by atoms with Gasteiger partial charge in [-0.2, -0.15) is 0 Å². The van der Waals surface area contributed by atoms with E-state index in [4.69, 9.17) is 4.74 Å². The first-order valence-electron chi connectivity index (χ1n) is 5.86. The lowest BCUT2D eigenvalue weighted by molar-refractivity contribution is -0.130. The third-order valence-electron chi connectivity index (χ3n) is 2.98. The molecule has 1 amide bonds. The molecule has 0 saturated carbocycles. The largest absolute Gasteiger partial charge is 0.372 e. The van der Waals surface area contributed by atoms with Crippen LogP contribution in [0.2, 0.25) is 0 Å². The van der Waals surface area contributed by atoms with Gasteiger partial charge in [-0.3, -0.25) is 4.79 Å². The van der Waals surface area contributed by atoms with Gasteiger partial charge in [0.15, 0.2) is 0 Å². The molecular formula is C14H21NO2. The molecule has 17 heavy (non-hydrogen) atoms. The molecule has 0 spiro atoms. The van der Waals surface area contributed by atoms with Crippen molar-refractivity contribution in [2.24, 2.45) is 0 Å². The third-order valence-corrected chi connectivity index (χ3v) is 2.98. The Kier molecular flexibility index (Phi) is 4.70. The van der Waals surface area contributed by atoms with Crippen LogP contribution in [0.1, 0.15) is 36.6 Å². The lowest BCUT2D eigenvalue weighted by Crippen LogP contribution is -2.35. The SMILES string of the molecule is COC(C)C(=O)NC(C)c1cc(C)ccc1C. The second kappa shape index (κ2) is 5.82. The van der Waals surface area contributed by atoms with Crippen molar-refractivity contribution >= 4 is 5.91 Å². The van der Waals surface area contributed by atoms with E-state index in [1.54, 1.807) is 6.92 Å². The van der Waals surface area contributed by atoms with Gasteiger partial charge in [-0.25, -0.2) is 0 Å². The number of aryl methyl sites for hydroxylation is 2. The highest BCUT2D eigenvalue weighted by Crippen LogP contribution is 2.18. The molecule has 0 saturated heterocycles. The van der Waals surface area contributed by atoms with Crippen LogP contribution >= 0.6 is 0 Å².